The van der Waals surface area contributed by atoms with Crippen molar-refractivity contribution in [2.24, 2.45) is 4.99 Å². The topological polar surface area (TPSA) is 41.5 Å². The van der Waals surface area contributed by atoms with Crippen molar-refractivity contribution in [3.05, 3.63) is 56.6 Å². The average Bonchev–Trinajstić information content (AvgIpc) is 3.04. The SMILES string of the molecule is Cc1ccc(N=C2NC(=O)C(=Cc3cccs3)S2)c(C)c1. The first kappa shape index (κ1) is 14.1. The van der Waals surface area contributed by atoms with Gasteiger partial charge in [-0.15, -0.1) is 11.3 Å². The minimum Gasteiger partial charge on any atom is -0.300 e. The van der Waals surface area contributed by atoms with Gasteiger partial charge in [-0.1, -0.05) is 23.8 Å². The van der Waals surface area contributed by atoms with Gasteiger partial charge in [-0.05, 0) is 54.8 Å². The van der Waals surface area contributed by atoms with Crippen LogP contribution >= 0.6 is 23.1 Å². The highest BCUT2D eigenvalue weighted by Gasteiger charge is 2.24. The maximum absolute atomic E-state index is 12.0. The second-order valence-corrected chi connectivity index (χ2v) is 6.80. The normalized spacial score (nSPS) is 18.5. The van der Waals surface area contributed by atoms with Crippen LogP contribution in [0.5, 0.6) is 0 Å². The zero-order valence-corrected chi connectivity index (χ0v) is 13.3. The molecule has 106 valence electrons. The maximum Gasteiger partial charge on any atom is 0.264 e. The summed E-state index contributed by atoms with van der Waals surface area (Å²) in [7, 11) is 0. The van der Waals surface area contributed by atoms with Gasteiger partial charge in [0.15, 0.2) is 5.17 Å². The Labute approximate surface area is 131 Å². The second-order valence-electron chi connectivity index (χ2n) is 4.79. The summed E-state index contributed by atoms with van der Waals surface area (Å²) in [5.41, 5.74) is 3.20. The summed E-state index contributed by atoms with van der Waals surface area (Å²) in [6.07, 6.45) is 1.90. The van der Waals surface area contributed by atoms with Crippen molar-refractivity contribution in [3.8, 4) is 0 Å². The Morgan fingerprint density at radius 1 is 1.24 bits per heavy atom. The zero-order chi connectivity index (χ0) is 14.8. The van der Waals surface area contributed by atoms with Crippen LogP contribution in [0.1, 0.15) is 16.0 Å². The third kappa shape index (κ3) is 3.25. The quantitative estimate of drug-likeness (QED) is 0.842. The summed E-state index contributed by atoms with van der Waals surface area (Å²) >= 11 is 2.99. The molecule has 0 unspecified atom stereocenters. The van der Waals surface area contributed by atoms with E-state index in [1.54, 1.807) is 11.3 Å². The van der Waals surface area contributed by atoms with Gasteiger partial charge in [-0.2, -0.15) is 0 Å². The van der Waals surface area contributed by atoms with Gasteiger partial charge < -0.3 is 5.32 Å². The lowest BCUT2D eigenvalue weighted by Crippen LogP contribution is -2.19. The summed E-state index contributed by atoms with van der Waals surface area (Å²) in [5.74, 6) is -0.0862. The lowest BCUT2D eigenvalue weighted by Gasteiger charge is -2.02. The molecule has 3 nitrogen and oxygen atoms in total. The molecule has 0 aliphatic carbocycles. The van der Waals surface area contributed by atoms with E-state index in [-0.39, 0.29) is 5.91 Å². The Bertz CT molecular complexity index is 746. The lowest BCUT2D eigenvalue weighted by molar-refractivity contribution is -0.115. The fourth-order valence-corrected chi connectivity index (χ4v) is 3.58. The van der Waals surface area contributed by atoms with E-state index in [1.165, 1.54) is 17.3 Å². The maximum atomic E-state index is 12.0. The van der Waals surface area contributed by atoms with E-state index in [0.717, 1.165) is 16.1 Å². The number of nitrogens with one attached hydrogen (secondary N) is 1. The number of hydrogen-bond donors (Lipinski definition) is 1. The van der Waals surface area contributed by atoms with Crippen molar-refractivity contribution in [1.29, 1.82) is 0 Å². The Morgan fingerprint density at radius 2 is 2.10 bits per heavy atom. The summed E-state index contributed by atoms with van der Waals surface area (Å²) in [6, 6.07) is 10.1. The molecule has 1 aliphatic rings. The number of aliphatic imine (C=N–C) groups is 1. The number of hydrogen-bond acceptors (Lipinski definition) is 4. The van der Waals surface area contributed by atoms with Gasteiger partial charge in [0.25, 0.3) is 5.91 Å². The standard InChI is InChI=1S/C16H14N2OS2/c1-10-5-6-13(11(2)8-10)17-16-18-15(19)14(21-16)9-12-4-3-7-20-12/h3-9H,1-2H3,(H,17,18,19). The molecule has 0 radical (unpaired) electrons. The second kappa shape index (κ2) is 5.87. The molecule has 0 atom stereocenters. The van der Waals surface area contributed by atoms with Crippen LogP contribution in [0.15, 0.2) is 45.6 Å². The number of aryl methyl sites for hydroxylation is 2. The molecule has 1 N–H and O–H groups in total. The van der Waals surface area contributed by atoms with Gasteiger partial charge in [-0.25, -0.2) is 4.99 Å². The predicted octanol–water partition coefficient (Wildman–Crippen LogP) is 4.26. The van der Waals surface area contributed by atoms with E-state index >= 15 is 0 Å². The molecule has 0 saturated carbocycles. The highest BCUT2D eigenvalue weighted by molar-refractivity contribution is 8.18. The van der Waals surface area contributed by atoms with Crippen LogP contribution in [0, 0.1) is 13.8 Å². The van der Waals surface area contributed by atoms with Gasteiger partial charge in [-0.3, -0.25) is 4.79 Å². The molecule has 2 aromatic rings. The van der Waals surface area contributed by atoms with Crippen molar-refractivity contribution in [3.63, 3.8) is 0 Å². The molecular formula is C16H14N2OS2. The lowest BCUT2D eigenvalue weighted by atomic mass is 10.1. The average molecular weight is 314 g/mol. The molecule has 1 amide bonds. The number of carbonyl (C=O) groups is 1. The Morgan fingerprint density at radius 3 is 2.81 bits per heavy atom. The number of thiophene rings is 1. The van der Waals surface area contributed by atoms with Crippen LogP contribution < -0.4 is 5.32 Å². The van der Waals surface area contributed by atoms with Crippen molar-refractivity contribution < 1.29 is 4.79 Å². The van der Waals surface area contributed by atoms with E-state index < -0.39 is 0 Å². The van der Waals surface area contributed by atoms with Crippen LogP contribution in [0.25, 0.3) is 6.08 Å². The molecule has 3 rings (SSSR count). The molecule has 1 fully saturated rings. The van der Waals surface area contributed by atoms with Gasteiger partial charge in [0.05, 0.1) is 10.6 Å². The van der Waals surface area contributed by atoms with E-state index in [9.17, 15) is 4.79 Å². The highest BCUT2D eigenvalue weighted by Crippen LogP contribution is 2.30. The molecule has 21 heavy (non-hydrogen) atoms. The number of thioether (sulfide) groups is 1. The first-order valence-corrected chi connectivity index (χ1v) is 8.22. The molecule has 0 bridgehead atoms. The van der Waals surface area contributed by atoms with Gasteiger partial charge in [0.2, 0.25) is 0 Å². The van der Waals surface area contributed by atoms with Gasteiger partial charge in [0, 0.05) is 4.88 Å². The molecule has 0 spiro atoms. The summed E-state index contributed by atoms with van der Waals surface area (Å²) < 4.78 is 0. The number of benzene rings is 1. The van der Waals surface area contributed by atoms with Crippen LogP contribution in [0.4, 0.5) is 5.69 Å². The van der Waals surface area contributed by atoms with E-state index in [0.29, 0.717) is 10.1 Å². The first-order valence-electron chi connectivity index (χ1n) is 6.52. The zero-order valence-electron chi connectivity index (χ0n) is 11.7. The van der Waals surface area contributed by atoms with Crippen molar-refractivity contribution in [2.45, 2.75) is 13.8 Å². The third-order valence-electron chi connectivity index (χ3n) is 3.04. The minimum absolute atomic E-state index is 0.0862. The largest absolute Gasteiger partial charge is 0.300 e. The van der Waals surface area contributed by atoms with Crippen molar-refractivity contribution in [2.75, 3.05) is 0 Å². The number of amidine groups is 1. The minimum atomic E-state index is -0.0862. The number of rotatable bonds is 2. The van der Waals surface area contributed by atoms with Crippen molar-refractivity contribution in [1.82, 2.24) is 5.32 Å². The summed E-state index contributed by atoms with van der Waals surface area (Å²) in [5, 5.41) is 5.45. The van der Waals surface area contributed by atoms with E-state index in [1.807, 2.05) is 42.6 Å². The molecule has 1 aliphatic heterocycles. The molecule has 5 heteroatoms. The first-order chi connectivity index (χ1) is 10.1. The fraction of sp³-hybridized carbons (Fsp3) is 0.125. The summed E-state index contributed by atoms with van der Waals surface area (Å²) in [4.78, 5) is 18.3. The van der Waals surface area contributed by atoms with E-state index in [4.69, 9.17) is 0 Å². The Kier molecular flexibility index (Phi) is 3.94. The van der Waals surface area contributed by atoms with Crippen molar-refractivity contribution >= 4 is 45.9 Å². The summed E-state index contributed by atoms with van der Waals surface area (Å²) in [6.45, 7) is 4.08. The van der Waals surface area contributed by atoms with E-state index in [2.05, 4.69) is 23.3 Å². The van der Waals surface area contributed by atoms with Crippen LogP contribution in [-0.2, 0) is 4.79 Å². The monoisotopic (exact) mass is 314 g/mol. The molecular weight excluding hydrogens is 300 g/mol. The van der Waals surface area contributed by atoms with Crippen LogP contribution in [0.2, 0.25) is 0 Å². The fourth-order valence-electron chi connectivity index (χ4n) is 2.02. The smallest absolute Gasteiger partial charge is 0.264 e. The molecule has 1 aromatic carbocycles. The molecule has 2 heterocycles. The Balaban J connectivity index is 1.85. The van der Waals surface area contributed by atoms with Crippen LogP contribution in [-0.4, -0.2) is 11.1 Å². The molecule has 1 saturated heterocycles. The van der Waals surface area contributed by atoms with Gasteiger partial charge >= 0.3 is 0 Å². The predicted molar refractivity (Wildman–Crippen MR) is 91.0 cm³/mol. The van der Waals surface area contributed by atoms with Crippen LogP contribution in [0.3, 0.4) is 0 Å². The molecule has 1 aromatic heterocycles. The highest BCUT2D eigenvalue weighted by atomic mass is 32.2. The number of amides is 1. The van der Waals surface area contributed by atoms with Gasteiger partial charge in [0.1, 0.15) is 0 Å². The number of carbonyl (C=O) groups excluding carboxylic acids is 1. The Hall–Kier alpha value is -1.85. The number of nitrogens with zero attached hydrogens (tertiary/aromatic N) is 1. The third-order valence-corrected chi connectivity index (χ3v) is 4.77.